The van der Waals surface area contributed by atoms with Gasteiger partial charge < -0.3 is 11.1 Å². The number of rotatable bonds is 4. The second kappa shape index (κ2) is 4.87. The van der Waals surface area contributed by atoms with Gasteiger partial charge in [-0.3, -0.25) is 9.59 Å². The fourth-order valence-electron chi connectivity index (χ4n) is 1.18. The van der Waals surface area contributed by atoms with Crippen LogP contribution in [0.25, 0.3) is 0 Å². The number of anilines is 1. The van der Waals surface area contributed by atoms with Crippen LogP contribution in [-0.2, 0) is 11.3 Å². The van der Waals surface area contributed by atoms with Crippen molar-refractivity contribution in [1.29, 1.82) is 0 Å². The maximum atomic E-state index is 11.8. The largest absolute Gasteiger partial charge is 0.369 e. The Morgan fingerprint density at radius 2 is 2.24 bits per heavy atom. The second-order valence-electron chi connectivity index (χ2n) is 4.11. The molecule has 3 N–H and O–H groups in total. The van der Waals surface area contributed by atoms with Gasteiger partial charge in [-0.05, 0) is 36.7 Å². The number of aryl methyl sites for hydroxylation is 1. The van der Waals surface area contributed by atoms with Gasteiger partial charge in [0.1, 0.15) is 10.0 Å². The first-order valence-corrected chi connectivity index (χ1v) is 5.92. The molecule has 0 aliphatic heterocycles. The van der Waals surface area contributed by atoms with Crippen LogP contribution >= 0.6 is 15.9 Å². The summed E-state index contributed by atoms with van der Waals surface area (Å²) in [4.78, 5) is 23.0. The van der Waals surface area contributed by atoms with Crippen molar-refractivity contribution < 1.29 is 4.79 Å². The molecule has 0 radical (unpaired) electrons. The Balaban J connectivity index is 3.14. The first-order valence-electron chi connectivity index (χ1n) is 5.13. The highest BCUT2D eigenvalue weighted by molar-refractivity contribution is 9.10. The number of hydrogen-bond donors (Lipinski definition) is 2. The van der Waals surface area contributed by atoms with E-state index in [-0.39, 0.29) is 5.56 Å². The van der Waals surface area contributed by atoms with Gasteiger partial charge in [0.05, 0.1) is 11.9 Å². The number of nitrogens with one attached hydrogen (secondary N) is 1. The maximum absolute atomic E-state index is 11.8. The third-order valence-electron chi connectivity index (χ3n) is 2.35. The van der Waals surface area contributed by atoms with Crippen LogP contribution in [-0.4, -0.2) is 21.2 Å². The Bertz CT molecular complexity index is 496. The van der Waals surface area contributed by atoms with Gasteiger partial charge in [0, 0.05) is 6.54 Å². The van der Waals surface area contributed by atoms with Crippen LogP contribution in [0.1, 0.15) is 20.8 Å². The van der Waals surface area contributed by atoms with Crippen molar-refractivity contribution in [3.63, 3.8) is 0 Å². The predicted octanol–water partition coefficient (Wildman–Crippen LogP) is 0.702. The lowest BCUT2D eigenvalue weighted by Crippen LogP contribution is -2.45. The molecule has 0 saturated carbocycles. The summed E-state index contributed by atoms with van der Waals surface area (Å²) >= 11 is 3.19. The van der Waals surface area contributed by atoms with Crippen LogP contribution in [0.3, 0.4) is 0 Å². The zero-order valence-corrected chi connectivity index (χ0v) is 11.5. The van der Waals surface area contributed by atoms with Crippen LogP contribution in [0.15, 0.2) is 15.5 Å². The Morgan fingerprint density at radius 1 is 1.65 bits per heavy atom. The standard InChI is InChI=1S/C10H15BrN4O2/c1-4-15-8(16)7(11)6(5-13-15)14-10(2,3)9(12)17/h5,14H,4H2,1-3H3,(H2,12,17). The molecule has 0 saturated heterocycles. The van der Waals surface area contributed by atoms with Crippen molar-refractivity contribution in [1.82, 2.24) is 9.78 Å². The third-order valence-corrected chi connectivity index (χ3v) is 3.11. The van der Waals surface area contributed by atoms with Crippen LogP contribution in [0, 0.1) is 0 Å². The van der Waals surface area contributed by atoms with E-state index >= 15 is 0 Å². The zero-order chi connectivity index (χ0) is 13.2. The quantitative estimate of drug-likeness (QED) is 0.857. The van der Waals surface area contributed by atoms with Gasteiger partial charge in [0.25, 0.3) is 5.56 Å². The highest BCUT2D eigenvalue weighted by Gasteiger charge is 2.26. The Labute approximate surface area is 107 Å². The number of primary amides is 1. The fraction of sp³-hybridized carbons (Fsp3) is 0.500. The van der Waals surface area contributed by atoms with Gasteiger partial charge in [0.15, 0.2) is 0 Å². The Kier molecular flexibility index (Phi) is 3.92. The molecular formula is C10H15BrN4O2. The van der Waals surface area contributed by atoms with Gasteiger partial charge in [-0.1, -0.05) is 0 Å². The third kappa shape index (κ3) is 2.85. The van der Waals surface area contributed by atoms with Gasteiger partial charge in [-0.25, -0.2) is 4.68 Å². The van der Waals surface area contributed by atoms with E-state index in [0.717, 1.165) is 0 Å². The van der Waals surface area contributed by atoms with Gasteiger partial charge >= 0.3 is 0 Å². The van der Waals surface area contributed by atoms with E-state index in [1.807, 2.05) is 6.92 Å². The summed E-state index contributed by atoms with van der Waals surface area (Å²) < 4.78 is 1.65. The van der Waals surface area contributed by atoms with E-state index in [2.05, 4.69) is 26.3 Å². The van der Waals surface area contributed by atoms with Crippen molar-refractivity contribution >= 4 is 27.5 Å². The van der Waals surface area contributed by atoms with Gasteiger partial charge in [-0.2, -0.15) is 5.10 Å². The molecule has 0 spiro atoms. The number of nitrogens with two attached hydrogens (primary N) is 1. The smallest absolute Gasteiger partial charge is 0.283 e. The first kappa shape index (κ1) is 13.7. The predicted molar refractivity (Wildman–Crippen MR) is 68.8 cm³/mol. The lowest BCUT2D eigenvalue weighted by Gasteiger charge is -2.24. The number of carbonyl (C=O) groups excluding carboxylic acids is 1. The minimum atomic E-state index is -0.949. The van der Waals surface area contributed by atoms with Crippen LogP contribution in [0.2, 0.25) is 0 Å². The summed E-state index contributed by atoms with van der Waals surface area (Å²) in [5.74, 6) is -0.510. The molecule has 17 heavy (non-hydrogen) atoms. The normalized spacial score (nSPS) is 11.3. The number of nitrogens with zero attached hydrogens (tertiary/aromatic N) is 2. The molecule has 0 aromatic carbocycles. The minimum absolute atomic E-state index is 0.252. The lowest BCUT2D eigenvalue weighted by molar-refractivity contribution is -0.121. The van der Waals surface area contributed by atoms with E-state index in [4.69, 9.17) is 5.73 Å². The summed E-state index contributed by atoms with van der Waals surface area (Å²) in [5.41, 5.74) is 4.49. The molecule has 1 aromatic heterocycles. The number of amides is 1. The molecule has 94 valence electrons. The summed E-state index contributed by atoms with van der Waals surface area (Å²) in [6, 6.07) is 0. The van der Waals surface area contributed by atoms with E-state index in [1.54, 1.807) is 13.8 Å². The number of aromatic nitrogens is 2. The van der Waals surface area contributed by atoms with E-state index in [9.17, 15) is 9.59 Å². The highest BCUT2D eigenvalue weighted by atomic mass is 79.9. The molecule has 0 bridgehead atoms. The van der Waals surface area contributed by atoms with Crippen molar-refractivity contribution in [2.75, 3.05) is 5.32 Å². The fourth-order valence-corrected chi connectivity index (χ4v) is 1.58. The van der Waals surface area contributed by atoms with E-state index in [1.165, 1.54) is 10.9 Å². The van der Waals surface area contributed by atoms with Crippen molar-refractivity contribution in [3.05, 3.63) is 21.0 Å². The molecule has 0 atom stereocenters. The molecule has 1 amide bonds. The second-order valence-corrected chi connectivity index (χ2v) is 4.90. The number of carbonyl (C=O) groups is 1. The van der Waals surface area contributed by atoms with Crippen molar-refractivity contribution in [3.8, 4) is 0 Å². The molecule has 0 unspecified atom stereocenters. The molecule has 7 heteroatoms. The molecule has 1 aromatic rings. The molecule has 6 nitrogen and oxygen atoms in total. The lowest BCUT2D eigenvalue weighted by atomic mass is 10.1. The minimum Gasteiger partial charge on any atom is -0.369 e. The average molecular weight is 303 g/mol. The molecule has 0 fully saturated rings. The zero-order valence-electron chi connectivity index (χ0n) is 9.95. The van der Waals surface area contributed by atoms with Crippen molar-refractivity contribution in [2.45, 2.75) is 32.9 Å². The number of halogens is 1. The van der Waals surface area contributed by atoms with Gasteiger partial charge in [-0.15, -0.1) is 0 Å². The maximum Gasteiger partial charge on any atom is 0.283 e. The SMILES string of the molecule is CCn1ncc(NC(C)(C)C(N)=O)c(Br)c1=O. The van der Waals surface area contributed by atoms with E-state index in [0.29, 0.717) is 16.7 Å². The number of hydrogen-bond acceptors (Lipinski definition) is 4. The first-order chi connectivity index (χ1) is 7.79. The molecule has 0 aliphatic carbocycles. The molecule has 0 aliphatic rings. The molecular weight excluding hydrogens is 288 g/mol. The summed E-state index contributed by atoms with van der Waals surface area (Å²) in [7, 11) is 0. The monoisotopic (exact) mass is 302 g/mol. The van der Waals surface area contributed by atoms with Crippen LogP contribution in [0.4, 0.5) is 5.69 Å². The summed E-state index contributed by atoms with van der Waals surface area (Å²) in [6.07, 6.45) is 1.49. The van der Waals surface area contributed by atoms with Crippen LogP contribution in [0.5, 0.6) is 0 Å². The van der Waals surface area contributed by atoms with E-state index < -0.39 is 11.4 Å². The summed E-state index contributed by atoms with van der Waals surface area (Å²) in [5, 5.41) is 6.84. The molecule has 1 heterocycles. The van der Waals surface area contributed by atoms with Crippen molar-refractivity contribution in [2.24, 2.45) is 5.73 Å². The highest BCUT2D eigenvalue weighted by Crippen LogP contribution is 2.20. The average Bonchev–Trinajstić information content (AvgIpc) is 2.25. The van der Waals surface area contributed by atoms with Crippen LogP contribution < -0.4 is 16.6 Å². The topological polar surface area (TPSA) is 90.0 Å². The Hall–Kier alpha value is -1.37. The molecule has 1 rings (SSSR count). The summed E-state index contributed by atoms with van der Waals surface area (Å²) in [6.45, 7) is 5.57. The van der Waals surface area contributed by atoms with Gasteiger partial charge in [0.2, 0.25) is 5.91 Å². The Morgan fingerprint density at radius 3 is 2.71 bits per heavy atom.